The van der Waals surface area contributed by atoms with Gasteiger partial charge in [0.2, 0.25) is 5.95 Å². The third-order valence-electron chi connectivity index (χ3n) is 4.36. The van der Waals surface area contributed by atoms with Gasteiger partial charge in [0.25, 0.3) is 0 Å². The van der Waals surface area contributed by atoms with Crippen LogP contribution in [0.3, 0.4) is 0 Å². The van der Waals surface area contributed by atoms with Crippen LogP contribution in [0.2, 0.25) is 0 Å². The highest BCUT2D eigenvalue weighted by Crippen LogP contribution is 2.24. The zero-order chi connectivity index (χ0) is 18.5. The minimum absolute atomic E-state index is 0.683. The van der Waals surface area contributed by atoms with Gasteiger partial charge < -0.3 is 10.2 Å². The number of benzene rings is 1. The topological polar surface area (TPSA) is 66.8 Å². The smallest absolute Gasteiger partial charge is 0.227 e. The molecule has 4 rings (SSSR count). The van der Waals surface area contributed by atoms with E-state index in [1.54, 1.807) is 12.4 Å². The van der Waals surface area contributed by atoms with Crippen molar-refractivity contribution in [1.29, 1.82) is 0 Å². The minimum atomic E-state index is 0.683. The van der Waals surface area contributed by atoms with Crippen LogP contribution in [0.25, 0.3) is 10.9 Å². The summed E-state index contributed by atoms with van der Waals surface area (Å²) in [5.41, 5.74) is 3.09. The molecule has 3 aromatic heterocycles. The first-order valence-electron chi connectivity index (χ1n) is 8.83. The molecule has 0 spiro atoms. The number of nitrogens with one attached hydrogen (secondary N) is 1. The predicted molar refractivity (Wildman–Crippen MR) is 108 cm³/mol. The van der Waals surface area contributed by atoms with Gasteiger partial charge in [-0.3, -0.25) is 9.97 Å². The first-order valence-corrected chi connectivity index (χ1v) is 8.83. The fourth-order valence-electron chi connectivity index (χ4n) is 2.89. The molecule has 0 radical (unpaired) electrons. The standard InChI is InChI=1S/C21H20N6/c1-27(15-10-16-7-12-22-13-8-16)21-24-14-9-19(26-21)25-18-6-2-4-17-5-3-11-23-20(17)18/h2-9,11-14H,10,15H2,1H3,(H,24,25,26). The Bertz CT molecular complexity index is 1030. The lowest BCUT2D eigenvalue weighted by atomic mass is 10.2. The number of para-hydroxylation sites is 1. The molecule has 0 saturated carbocycles. The third-order valence-corrected chi connectivity index (χ3v) is 4.36. The summed E-state index contributed by atoms with van der Waals surface area (Å²) in [6.07, 6.45) is 8.11. The first kappa shape index (κ1) is 16.9. The van der Waals surface area contributed by atoms with E-state index >= 15 is 0 Å². The number of nitrogens with zero attached hydrogens (tertiary/aromatic N) is 5. The van der Waals surface area contributed by atoms with E-state index in [1.807, 2.05) is 72.9 Å². The van der Waals surface area contributed by atoms with Crippen molar-refractivity contribution in [2.24, 2.45) is 0 Å². The van der Waals surface area contributed by atoms with Crippen molar-refractivity contribution in [3.8, 4) is 0 Å². The zero-order valence-electron chi connectivity index (χ0n) is 15.1. The average Bonchev–Trinajstić information content (AvgIpc) is 2.73. The second kappa shape index (κ2) is 7.78. The number of fused-ring (bicyclic) bond motifs is 1. The van der Waals surface area contributed by atoms with E-state index in [0.29, 0.717) is 5.95 Å². The Balaban J connectivity index is 1.50. The van der Waals surface area contributed by atoms with Crippen molar-refractivity contribution >= 4 is 28.4 Å². The molecule has 0 unspecified atom stereocenters. The first-order chi connectivity index (χ1) is 13.3. The molecule has 4 aromatic rings. The van der Waals surface area contributed by atoms with Crippen LogP contribution in [0.5, 0.6) is 0 Å². The van der Waals surface area contributed by atoms with Crippen LogP contribution in [-0.4, -0.2) is 33.5 Å². The molecule has 0 aliphatic rings. The molecule has 1 aromatic carbocycles. The number of hydrogen-bond donors (Lipinski definition) is 1. The molecule has 0 aliphatic heterocycles. The zero-order valence-corrected chi connectivity index (χ0v) is 15.1. The van der Waals surface area contributed by atoms with Gasteiger partial charge in [-0.2, -0.15) is 4.98 Å². The van der Waals surface area contributed by atoms with Crippen LogP contribution in [0.4, 0.5) is 17.5 Å². The van der Waals surface area contributed by atoms with Gasteiger partial charge in [-0.15, -0.1) is 0 Å². The molecule has 0 amide bonds. The van der Waals surface area contributed by atoms with Crippen molar-refractivity contribution in [2.75, 3.05) is 23.8 Å². The Hall–Kier alpha value is -3.54. The summed E-state index contributed by atoms with van der Waals surface area (Å²) in [5, 5.41) is 4.46. The van der Waals surface area contributed by atoms with Crippen LogP contribution in [0, 0.1) is 0 Å². The maximum atomic E-state index is 4.65. The lowest BCUT2D eigenvalue weighted by Crippen LogP contribution is -2.22. The van der Waals surface area contributed by atoms with Crippen LogP contribution >= 0.6 is 0 Å². The molecule has 0 fully saturated rings. The van der Waals surface area contributed by atoms with E-state index in [9.17, 15) is 0 Å². The van der Waals surface area contributed by atoms with Crippen molar-refractivity contribution < 1.29 is 0 Å². The van der Waals surface area contributed by atoms with Gasteiger partial charge in [-0.1, -0.05) is 18.2 Å². The maximum absolute atomic E-state index is 4.65. The molecule has 3 heterocycles. The number of likely N-dealkylation sites (N-methyl/N-ethyl adjacent to an activating group) is 1. The van der Waals surface area contributed by atoms with E-state index in [-0.39, 0.29) is 0 Å². The van der Waals surface area contributed by atoms with Crippen LogP contribution < -0.4 is 10.2 Å². The molecule has 134 valence electrons. The van der Waals surface area contributed by atoms with Crippen molar-refractivity contribution in [1.82, 2.24) is 19.9 Å². The van der Waals surface area contributed by atoms with E-state index in [2.05, 4.69) is 25.3 Å². The monoisotopic (exact) mass is 356 g/mol. The summed E-state index contributed by atoms with van der Waals surface area (Å²) in [7, 11) is 2.00. The molecule has 0 bridgehead atoms. The Morgan fingerprint density at radius 3 is 2.63 bits per heavy atom. The van der Waals surface area contributed by atoms with Crippen molar-refractivity contribution in [3.63, 3.8) is 0 Å². The summed E-state index contributed by atoms with van der Waals surface area (Å²) >= 11 is 0. The fraction of sp³-hybridized carbons (Fsp3) is 0.143. The summed E-state index contributed by atoms with van der Waals surface area (Å²) in [6.45, 7) is 0.823. The van der Waals surface area contributed by atoms with Gasteiger partial charge in [0.15, 0.2) is 0 Å². The highest BCUT2D eigenvalue weighted by atomic mass is 15.2. The fourth-order valence-corrected chi connectivity index (χ4v) is 2.89. The molecule has 0 atom stereocenters. The van der Waals surface area contributed by atoms with E-state index in [1.165, 1.54) is 5.56 Å². The Kier molecular flexibility index (Phi) is 4.87. The van der Waals surface area contributed by atoms with E-state index in [4.69, 9.17) is 0 Å². The van der Waals surface area contributed by atoms with Crippen molar-refractivity contribution in [3.05, 3.63) is 78.9 Å². The number of aromatic nitrogens is 4. The Morgan fingerprint density at radius 1 is 0.889 bits per heavy atom. The molecule has 0 aliphatic carbocycles. The van der Waals surface area contributed by atoms with E-state index < -0.39 is 0 Å². The SMILES string of the molecule is CN(CCc1ccncc1)c1nccc(Nc2cccc3cccnc23)n1. The average molecular weight is 356 g/mol. The maximum Gasteiger partial charge on any atom is 0.227 e. The number of hydrogen-bond acceptors (Lipinski definition) is 6. The lowest BCUT2D eigenvalue weighted by Gasteiger charge is -2.18. The van der Waals surface area contributed by atoms with Crippen LogP contribution in [-0.2, 0) is 6.42 Å². The van der Waals surface area contributed by atoms with E-state index in [0.717, 1.165) is 35.4 Å². The minimum Gasteiger partial charge on any atom is -0.343 e. The Morgan fingerprint density at radius 2 is 1.74 bits per heavy atom. The molecule has 1 N–H and O–H groups in total. The third kappa shape index (κ3) is 4.00. The molecular weight excluding hydrogens is 336 g/mol. The lowest BCUT2D eigenvalue weighted by molar-refractivity contribution is 0.837. The quantitative estimate of drug-likeness (QED) is 0.566. The van der Waals surface area contributed by atoms with Crippen molar-refractivity contribution in [2.45, 2.75) is 6.42 Å². The van der Waals surface area contributed by atoms with Gasteiger partial charge in [0.1, 0.15) is 5.82 Å². The predicted octanol–water partition coefficient (Wildman–Crippen LogP) is 3.84. The van der Waals surface area contributed by atoms with Gasteiger partial charge in [-0.05, 0) is 42.3 Å². The summed E-state index contributed by atoms with van der Waals surface area (Å²) in [5.74, 6) is 1.43. The van der Waals surface area contributed by atoms with Crippen LogP contribution in [0.15, 0.2) is 73.3 Å². The molecule has 27 heavy (non-hydrogen) atoms. The van der Waals surface area contributed by atoms with Gasteiger partial charge in [-0.25, -0.2) is 4.98 Å². The molecule has 0 saturated heterocycles. The largest absolute Gasteiger partial charge is 0.343 e. The summed E-state index contributed by atoms with van der Waals surface area (Å²) in [6, 6.07) is 16.0. The van der Waals surface area contributed by atoms with Gasteiger partial charge in [0.05, 0.1) is 11.2 Å². The molecule has 6 heteroatoms. The highest BCUT2D eigenvalue weighted by Gasteiger charge is 2.08. The van der Waals surface area contributed by atoms with Gasteiger partial charge >= 0.3 is 0 Å². The Labute approximate surface area is 158 Å². The second-order valence-corrected chi connectivity index (χ2v) is 6.27. The highest BCUT2D eigenvalue weighted by molar-refractivity contribution is 5.91. The molecule has 6 nitrogen and oxygen atoms in total. The summed E-state index contributed by atoms with van der Waals surface area (Å²) < 4.78 is 0. The number of anilines is 3. The molecular formula is C21H20N6. The summed E-state index contributed by atoms with van der Waals surface area (Å²) in [4.78, 5) is 19.6. The number of rotatable bonds is 6. The normalized spacial score (nSPS) is 10.7. The van der Waals surface area contributed by atoms with Gasteiger partial charge in [0, 0.05) is 43.8 Å². The van der Waals surface area contributed by atoms with Crippen LogP contribution in [0.1, 0.15) is 5.56 Å². The second-order valence-electron chi connectivity index (χ2n) is 6.27. The number of pyridine rings is 2.